The first-order chi connectivity index (χ1) is 11.5. The lowest BCUT2D eigenvalue weighted by molar-refractivity contribution is 0.0835. The summed E-state index contributed by atoms with van der Waals surface area (Å²) in [5.74, 6) is 0.829. The second kappa shape index (κ2) is 7.38. The molecule has 1 aromatic heterocycles. The number of hydrogen-bond acceptors (Lipinski definition) is 5. The number of amides is 2. The SMILES string of the molecule is Cc1c(Cl)ccc(NC(=O)NCc2noc([C@@H]3CCCO3)n2)c1Cl. The van der Waals surface area contributed by atoms with Gasteiger partial charge < -0.3 is 19.9 Å². The van der Waals surface area contributed by atoms with E-state index in [0.29, 0.717) is 39.6 Å². The standard InChI is InChI=1S/C15H16Cl2N4O3/c1-8-9(16)4-5-10(13(8)17)19-15(22)18-7-12-20-14(24-21-12)11-3-2-6-23-11/h4-5,11H,2-3,6-7H2,1H3,(H2,18,19,22)/t11-/m0/s1. The first kappa shape index (κ1) is 17.0. The van der Waals surface area contributed by atoms with Crippen LogP contribution >= 0.6 is 23.2 Å². The Balaban J connectivity index is 1.55. The van der Waals surface area contributed by atoms with E-state index in [-0.39, 0.29) is 12.6 Å². The number of carbonyl (C=O) groups is 1. The summed E-state index contributed by atoms with van der Waals surface area (Å²) in [6, 6.07) is 2.88. The van der Waals surface area contributed by atoms with E-state index in [9.17, 15) is 4.79 Å². The highest BCUT2D eigenvalue weighted by atomic mass is 35.5. The average molecular weight is 371 g/mol. The zero-order valence-electron chi connectivity index (χ0n) is 12.9. The molecular formula is C15H16Cl2N4O3. The molecule has 0 spiro atoms. The first-order valence-corrected chi connectivity index (χ1v) is 8.23. The Bertz CT molecular complexity index is 744. The molecule has 1 saturated heterocycles. The normalized spacial score (nSPS) is 17.0. The largest absolute Gasteiger partial charge is 0.368 e. The molecule has 24 heavy (non-hydrogen) atoms. The van der Waals surface area contributed by atoms with Gasteiger partial charge in [0.1, 0.15) is 6.10 Å². The topological polar surface area (TPSA) is 89.3 Å². The molecule has 1 atom stereocenters. The van der Waals surface area contributed by atoms with Gasteiger partial charge in [-0.05, 0) is 37.5 Å². The Morgan fingerprint density at radius 3 is 3.00 bits per heavy atom. The fourth-order valence-electron chi connectivity index (χ4n) is 2.33. The summed E-state index contributed by atoms with van der Waals surface area (Å²) in [4.78, 5) is 16.2. The van der Waals surface area contributed by atoms with E-state index in [4.69, 9.17) is 32.5 Å². The van der Waals surface area contributed by atoms with E-state index in [1.807, 2.05) is 0 Å². The summed E-state index contributed by atoms with van der Waals surface area (Å²) in [5.41, 5.74) is 1.18. The molecule has 1 aromatic carbocycles. The molecule has 128 valence electrons. The van der Waals surface area contributed by atoms with Gasteiger partial charge in [-0.3, -0.25) is 0 Å². The van der Waals surface area contributed by atoms with Crippen LogP contribution < -0.4 is 10.6 Å². The number of nitrogens with one attached hydrogen (secondary N) is 2. The molecule has 0 unspecified atom stereocenters. The Hall–Kier alpha value is -1.83. The van der Waals surface area contributed by atoms with Crippen molar-refractivity contribution in [1.29, 1.82) is 0 Å². The molecule has 2 N–H and O–H groups in total. The molecule has 1 fully saturated rings. The van der Waals surface area contributed by atoms with Crippen LogP contribution in [0, 0.1) is 6.92 Å². The Labute approximate surface area is 148 Å². The summed E-state index contributed by atoms with van der Waals surface area (Å²) >= 11 is 12.1. The highest BCUT2D eigenvalue weighted by Gasteiger charge is 2.23. The summed E-state index contributed by atoms with van der Waals surface area (Å²) < 4.78 is 10.6. The van der Waals surface area contributed by atoms with Crippen molar-refractivity contribution in [2.24, 2.45) is 0 Å². The quantitative estimate of drug-likeness (QED) is 0.852. The van der Waals surface area contributed by atoms with Gasteiger partial charge in [0.15, 0.2) is 5.82 Å². The van der Waals surface area contributed by atoms with Gasteiger partial charge in [-0.15, -0.1) is 0 Å². The van der Waals surface area contributed by atoms with E-state index in [2.05, 4.69) is 20.8 Å². The van der Waals surface area contributed by atoms with Crippen LogP contribution in [0.1, 0.15) is 36.2 Å². The minimum absolute atomic E-state index is 0.131. The number of rotatable bonds is 4. The Morgan fingerprint density at radius 1 is 1.42 bits per heavy atom. The van der Waals surface area contributed by atoms with Crippen molar-refractivity contribution in [3.8, 4) is 0 Å². The molecule has 9 heteroatoms. The lowest BCUT2D eigenvalue weighted by atomic mass is 10.2. The third kappa shape index (κ3) is 3.80. The van der Waals surface area contributed by atoms with E-state index in [0.717, 1.165) is 12.8 Å². The van der Waals surface area contributed by atoms with Gasteiger partial charge in [-0.25, -0.2) is 4.79 Å². The molecule has 2 aromatic rings. The monoisotopic (exact) mass is 370 g/mol. The lowest BCUT2D eigenvalue weighted by Crippen LogP contribution is -2.28. The van der Waals surface area contributed by atoms with Gasteiger partial charge in [-0.1, -0.05) is 28.4 Å². The molecule has 1 aliphatic heterocycles. The number of nitrogens with zero attached hydrogens (tertiary/aromatic N) is 2. The van der Waals surface area contributed by atoms with Crippen LogP contribution in [0.5, 0.6) is 0 Å². The van der Waals surface area contributed by atoms with Crippen LogP contribution in [-0.4, -0.2) is 22.8 Å². The third-order valence-electron chi connectivity index (χ3n) is 3.66. The van der Waals surface area contributed by atoms with Crippen molar-refractivity contribution in [2.75, 3.05) is 11.9 Å². The lowest BCUT2D eigenvalue weighted by Gasteiger charge is -2.10. The molecule has 2 amide bonds. The highest BCUT2D eigenvalue weighted by Crippen LogP contribution is 2.30. The number of carbonyl (C=O) groups excluding carboxylic acids is 1. The van der Waals surface area contributed by atoms with Crippen molar-refractivity contribution in [2.45, 2.75) is 32.4 Å². The van der Waals surface area contributed by atoms with Crippen molar-refractivity contribution >= 4 is 34.9 Å². The fraction of sp³-hybridized carbons (Fsp3) is 0.400. The summed E-state index contributed by atoms with van der Waals surface area (Å²) in [7, 11) is 0. The smallest absolute Gasteiger partial charge is 0.319 e. The van der Waals surface area contributed by atoms with Crippen LogP contribution in [0.3, 0.4) is 0 Å². The average Bonchev–Trinajstić information content (AvgIpc) is 3.24. The van der Waals surface area contributed by atoms with Crippen LogP contribution in [0.15, 0.2) is 16.7 Å². The van der Waals surface area contributed by atoms with Gasteiger partial charge in [0.25, 0.3) is 5.89 Å². The maximum absolute atomic E-state index is 12.0. The number of urea groups is 1. The van der Waals surface area contributed by atoms with E-state index in [1.165, 1.54) is 0 Å². The van der Waals surface area contributed by atoms with Crippen LogP contribution in [0.2, 0.25) is 10.0 Å². The zero-order chi connectivity index (χ0) is 17.1. The molecular weight excluding hydrogens is 355 g/mol. The molecule has 0 bridgehead atoms. The fourth-order valence-corrected chi connectivity index (χ4v) is 2.74. The third-order valence-corrected chi connectivity index (χ3v) is 4.56. The van der Waals surface area contributed by atoms with Crippen molar-refractivity contribution in [3.05, 3.63) is 39.5 Å². The van der Waals surface area contributed by atoms with E-state index in [1.54, 1.807) is 19.1 Å². The zero-order valence-corrected chi connectivity index (χ0v) is 14.4. The van der Waals surface area contributed by atoms with Crippen molar-refractivity contribution in [3.63, 3.8) is 0 Å². The van der Waals surface area contributed by atoms with Gasteiger partial charge >= 0.3 is 6.03 Å². The summed E-state index contributed by atoms with van der Waals surface area (Å²) in [6.45, 7) is 2.61. The number of anilines is 1. The van der Waals surface area contributed by atoms with Gasteiger partial charge in [0, 0.05) is 11.6 Å². The number of halogens is 2. The van der Waals surface area contributed by atoms with Crippen molar-refractivity contribution < 1.29 is 14.1 Å². The van der Waals surface area contributed by atoms with Crippen LogP contribution in [-0.2, 0) is 11.3 Å². The highest BCUT2D eigenvalue weighted by molar-refractivity contribution is 6.38. The minimum Gasteiger partial charge on any atom is -0.368 e. The maximum atomic E-state index is 12.0. The number of hydrogen-bond donors (Lipinski definition) is 2. The maximum Gasteiger partial charge on any atom is 0.319 e. The number of ether oxygens (including phenoxy) is 1. The number of aromatic nitrogens is 2. The van der Waals surface area contributed by atoms with Gasteiger partial charge in [0.05, 0.1) is 17.3 Å². The Morgan fingerprint density at radius 2 is 2.25 bits per heavy atom. The minimum atomic E-state index is -0.429. The predicted octanol–water partition coefficient (Wildman–Crippen LogP) is 3.86. The molecule has 3 rings (SSSR count). The Kier molecular flexibility index (Phi) is 5.23. The molecule has 7 nitrogen and oxygen atoms in total. The predicted molar refractivity (Wildman–Crippen MR) is 89.3 cm³/mol. The summed E-state index contributed by atoms with van der Waals surface area (Å²) in [5, 5.41) is 10.1. The summed E-state index contributed by atoms with van der Waals surface area (Å²) in [6.07, 6.45) is 1.70. The molecule has 1 aliphatic rings. The molecule has 2 heterocycles. The van der Waals surface area contributed by atoms with Crippen LogP contribution in [0.25, 0.3) is 0 Å². The van der Waals surface area contributed by atoms with E-state index >= 15 is 0 Å². The van der Waals surface area contributed by atoms with E-state index < -0.39 is 6.03 Å². The van der Waals surface area contributed by atoms with Gasteiger partial charge in [-0.2, -0.15) is 4.98 Å². The molecule has 0 saturated carbocycles. The van der Waals surface area contributed by atoms with Crippen LogP contribution in [0.4, 0.5) is 10.5 Å². The molecule has 0 aliphatic carbocycles. The second-order valence-electron chi connectivity index (χ2n) is 5.39. The first-order valence-electron chi connectivity index (χ1n) is 7.48. The van der Waals surface area contributed by atoms with Gasteiger partial charge in [0.2, 0.25) is 0 Å². The van der Waals surface area contributed by atoms with Crippen molar-refractivity contribution in [1.82, 2.24) is 15.5 Å². The number of benzene rings is 1. The molecule has 0 radical (unpaired) electrons. The second-order valence-corrected chi connectivity index (χ2v) is 6.18.